The van der Waals surface area contributed by atoms with Crippen molar-refractivity contribution in [2.75, 3.05) is 20.0 Å². The predicted molar refractivity (Wildman–Crippen MR) is 75.1 cm³/mol. The summed E-state index contributed by atoms with van der Waals surface area (Å²) in [6, 6.07) is 5.30. The van der Waals surface area contributed by atoms with E-state index in [1.54, 1.807) is 32.4 Å². The lowest BCUT2D eigenvalue weighted by molar-refractivity contribution is 0.398. The Bertz CT molecular complexity index is 499. The van der Waals surface area contributed by atoms with Crippen molar-refractivity contribution < 1.29 is 17.9 Å². The average molecular weight is 287 g/mol. The summed E-state index contributed by atoms with van der Waals surface area (Å²) in [6.45, 7) is 2.16. The lowest BCUT2D eigenvalue weighted by Crippen LogP contribution is -2.26. The number of nitrogens with one attached hydrogen (secondary N) is 1. The molecule has 0 fully saturated rings. The fraction of sp³-hybridized carbons (Fsp3) is 0.538. The topological polar surface area (TPSA) is 64.6 Å². The molecule has 0 saturated heterocycles. The van der Waals surface area contributed by atoms with E-state index in [1.807, 2.05) is 6.92 Å². The van der Waals surface area contributed by atoms with Crippen molar-refractivity contribution in [2.45, 2.75) is 26.3 Å². The highest BCUT2D eigenvalue weighted by Crippen LogP contribution is 2.23. The van der Waals surface area contributed by atoms with Gasteiger partial charge in [-0.1, -0.05) is 13.3 Å². The molecule has 0 atom stereocenters. The molecule has 6 heteroatoms. The van der Waals surface area contributed by atoms with Crippen LogP contribution in [0.25, 0.3) is 0 Å². The van der Waals surface area contributed by atoms with E-state index in [-0.39, 0.29) is 12.3 Å². The van der Waals surface area contributed by atoms with Crippen LogP contribution < -0.4 is 14.2 Å². The highest BCUT2D eigenvalue weighted by Gasteiger charge is 2.11. The Hall–Kier alpha value is -1.27. The van der Waals surface area contributed by atoms with Crippen LogP contribution in [0.15, 0.2) is 18.2 Å². The molecule has 0 aliphatic heterocycles. The van der Waals surface area contributed by atoms with Crippen LogP contribution in [-0.4, -0.2) is 28.4 Å². The molecule has 0 heterocycles. The SMILES string of the molecule is CCCCS(=O)(=O)NCc1cc(OC)ccc1OC. The second kappa shape index (κ2) is 7.35. The molecule has 0 radical (unpaired) electrons. The number of ether oxygens (including phenoxy) is 2. The first-order chi connectivity index (χ1) is 9.02. The van der Waals surface area contributed by atoms with Crippen molar-refractivity contribution in [2.24, 2.45) is 0 Å². The third-order valence-electron chi connectivity index (χ3n) is 2.74. The lowest BCUT2D eigenvalue weighted by atomic mass is 10.2. The Morgan fingerprint density at radius 2 is 1.95 bits per heavy atom. The Balaban J connectivity index is 2.76. The molecular formula is C13H21NO4S. The van der Waals surface area contributed by atoms with Crippen LogP contribution in [0, 0.1) is 0 Å². The molecule has 0 aromatic heterocycles. The van der Waals surface area contributed by atoms with E-state index in [1.165, 1.54) is 0 Å². The smallest absolute Gasteiger partial charge is 0.211 e. The molecule has 0 saturated carbocycles. The summed E-state index contributed by atoms with van der Waals surface area (Å²) in [5.41, 5.74) is 0.752. The quantitative estimate of drug-likeness (QED) is 0.793. The zero-order valence-corrected chi connectivity index (χ0v) is 12.4. The summed E-state index contributed by atoms with van der Waals surface area (Å²) in [5, 5.41) is 0. The van der Waals surface area contributed by atoms with E-state index in [2.05, 4.69) is 4.72 Å². The molecule has 0 aliphatic rings. The zero-order chi connectivity index (χ0) is 14.3. The number of unbranched alkanes of at least 4 members (excludes halogenated alkanes) is 1. The van der Waals surface area contributed by atoms with Crippen molar-refractivity contribution in [1.29, 1.82) is 0 Å². The fourth-order valence-corrected chi connectivity index (χ4v) is 2.80. The molecule has 0 spiro atoms. The van der Waals surface area contributed by atoms with Gasteiger partial charge in [-0.05, 0) is 24.6 Å². The minimum atomic E-state index is -3.23. The number of hydrogen-bond acceptors (Lipinski definition) is 4. The molecule has 0 amide bonds. The normalized spacial score (nSPS) is 11.3. The third-order valence-corrected chi connectivity index (χ3v) is 4.15. The molecular weight excluding hydrogens is 266 g/mol. The second-order valence-electron chi connectivity index (χ2n) is 4.17. The first-order valence-electron chi connectivity index (χ1n) is 6.20. The van der Waals surface area contributed by atoms with Gasteiger partial charge in [-0.15, -0.1) is 0 Å². The maximum absolute atomic E-state index is 11.7. The van der Waals surface area contributed by atoms with Crippen molar-refractivity contribution in [3.63, 3.8) is 0 Å². The van der Waals surface area contributed by atoms with Gasteiger partial charge < -0.3 is 9.47 Å². The highest BCUT2D eigenvalue weighted by molar-refractivity contribution is 7.89. The standard InChI is InChI=1S/C13H21NO4S/c1-4-5-8-19(15,16)14-10-11-9-12(17-2)6-7-13(11)18-3/h6-7,9,14H,4-5,8,10H2,1-3H3. The van der Waals surface area contributed by atoms with Crippen molar-refractivity contribution in [1.82, 2.24) is 4.72 Å². The molecule has 108 valence electrons. The number of rotatable bonds is 8. The monoisotopic (exact) mass is 287 g/mol. The van der Waals surface area contributed by atoms with Gasteiger partial charge in [0, 0.05) is 12.1 Å². The zero-order valence-electron chi connectivity index (χ0n) is 11.6. The van der Waals surface area contributed by atoms with Crippen LogP contribution in [0.2, 0.25) is 0 Å². The minimum absolute atomic E-state index is 0.149. The van der Waals surface area contributed by atoms with E-state index >= 15 is 0 Å². The number of sulfonamides is 1. The molecule has 0 bridgehead atoms. The van der Waals surface area contributed by atoms with Gasteiger partial charge in [-0.2, -0.15) is 0 Å². The maximum Gasteiger partial charge on any atom is 0.211 e. The van der Waals surface area contributed by atoms with Crippen LogP contribution in [0.4, 0.5) is 0 Å². The van der Waals surface area contributed by atoms with Crippen LogP contribution in [-0.2, 0) is 16.6 Å². The average Bonchev–Trinajstić information content (AvgIpc) is 2.42. The molecule has 19 heavy (non-hydrogen) atoms. The summed E-state index contributed by atoms with van der Waals surface area (Å²) >= 11 is 0. The molecule has 1 aromatic carbocycles. The van der Waals surface area contributed by atoms with Gasteiger partial charge >= 0.3 is 0 Å². The van der Waals surface area contributed by atoms with Gasteiger partial charge in [-0.3, -0.25) is 0 Å². The van der Waals surface area contributed by atoms with Crippen molar-refractivity contribution in [3.8, 4) is 11.5 Å². The van der Waals surface area contributed by atoms with Gasteiger partial charge in [0.25, 0.3) is 0 Å². The summed E-state index contributed by atoms with van der Waals surface area (Å²) in [5.74, 6) is 1.46. The summed E-state index contributed by atoms with van der Waals surface area (Å²) < 4.78 is 36.4. The van der Waals surface area contributed by atoms with Gasteiger partial charge in [-0.25, -0.2) is 13.1 Å². The number of methoxy groups -OCH3 is 2. The summed E-state index contributed by atoms with van der Waals surface area (Å²) in [6.07, 6.45) is 1.51. The predicted octanol–water partition coefficient (Wildman–Crippen LogP) is 1.92. The van der Waals surface area contributed by atoms with Gasteiger partial charge in [0.15, 0.2) is 0 Å². The lowest BCUT2D eigenvalue weighted by Gasteiger charge is -2.11. The van der Waals surface area contributed by atoms with Crippen LogP contribution in [0.5, 0.6) is 11.5 Å². The molecule has 0 aliphatic carbocycles. The Morgan fingerprint density at radius 3 is 2.53 bits per heavy atom. The van der Waals surface area contributed by atoms with E-state index in [0.29, 0.717) is 17.9 Å². The molecule has 0 unspecified atom stereocenters. The minimum Gasteiger partial charge on any atom is -0.497 e. The fourth-order valence-electron chi connectivity index (χ4n) is 1.61. The van der Waals surface area contributed by atoms with Gasteiger partial charge in [0.2, 0.25) is 10.0 Å². The maximum atomic E-state index is 11.7. The summed E-state index contributed by atoms with van der Waals surface area (Å²) in [4.78, 5) is 0. The van der Waals surface area contributed by atoms with Gasteiger partial charge in [0.05, 0.1) is 20.0 Å². The van der Waals surface area contributed by atoms with E-state index in [0.717, 1.165) is 12.0 Å². The van der Waals surface area contributed by atoms with E-state index < -0.39 is 10.0 Å². The van der Waals surface area contributed by atoms with E-state index in [4.69, 9.17) is 9.47 Å². The second-order valence-corrected chi connectivity index (χ2v) is 6.10. The first kappa shape index (κ1) is 15.8. The number of hydrogen-bond donors (Lipinski definition) is 1. The van der Waals surface area contributed by atoms with Crippen molar-refractivity contribution >= 4 is 10.0 Å². The Morgan fingerprint density at radius 1 is 1.21 bits per heavy atom. The Kier molecular flexibility index (Phi) is 6.11. The van der Waals surface area contributed by atoms with Crippen LogP contribution >= 0.6 is 0 Å². The van der Waals surface area contributed by atoms with Crippen molar-refractivity contribution in [3.05, 3.63) is 23.8 Å². The highest BCUT2D eigenvalue weighted by atomic mass is 32.2. The molecule has 1 aromatic rings. The Labute approximate surface area is 115 Å². The van der Waals surface area contributed by atoms with E-state index in [9.17, 15) is 8.42 Å². The molecule has 1 rings (SSSR count). The van der Waals surface area contributed by atoms with Crippen LogP contribution in [0.3, 0.4) is 0 Å². The molecule has 1 N–H and O–H groups in total. The summed E-state index contributed by atoms with van der Waals surface area (Å²) in [7, 11) is -0.114. The third kappa shape index (κ3) is 5.08. The molecule has 5 nitrogen and oxygen atoms in total. The van der Waals surface area contributed by atoms with Gasteiger partial charge in [0.1, 0.15) is 11.5 Å². The largest absolute Gasteiger partial charge is 0.497 e. The number of benzene rings is 1. The van der Waals surface area contributed by atoms with Crippen LogP contribution in [0.1, 0.15) is 25.3 Å². The first-order valence-corrected chi connectivity index (χ1v) is 7.86.